The van der Waals surface area contributed by atoms with E-state index >= 15 is 0 Å². The number of fused-ring (bicyclic) bond motifs is 1. The van der Waals surface area contributed by atoms with Gasteiger partial charge in [-0.3, -0.25) is 0 Å². The second kappa shape index (κ2) is 6.73. The number of aromatic nitrogens is 3. The summed E-state index contributed by atoms with van der Waals surface area (Å²) >= 11 is 0. The Balaban J connectivity index is 1.41. The first-order valence-electron chi connectivity index (χ1n) is 8.38. The highest BCUT2D eigenvalue weighted by molar-refractivity contribution is 5.89. The molecule has 0 saturated carbocycles. The van der Waals surface area contributed by atoms with Crippen LogP contribution in [0.1, 0.15) is 12.0 Å². The van der Waals surface area contributed by atoms with Gasteiger partial charge in [0.2, 0.25) is 0 Å². The summed E-state index contributed by atoms with van der Waals surface area (Å²) in [6, 6.07) is 13.8. The molecule has 25 heavy (non-hydrogen) atoms. The van der Waals surface area contributed by atoms with Crippen molar-refractivity contribution in [3.05, 3.63) is 54.5 Å². The van der Waals surface area contributed by atoms with Gasteiger partial charge in [0.05, 0.1) is 11.1 Å². The Bertz CT molecular complexity index is 910. The van der Waals surface area contributed by atoms with E-state index in [1.807, 2.05) is 24.3 Å². The van der Waals surface area contributed by atoms with Gasteiger partial charge >= 0.3 is 0 Å². The molecule has 0 spiro atoms. The lowest BCUT2D eigenvalue weighted by molar-refractivity contribution is 0.621. The summed E-state index contributed by atoms with van der Waals surface area (Å²) in [7, 11) is 0. The minimum atomic E-state index is 0.533. The Morgan fingerprint density at radius 1 is 1.16 bits per heavy atom. The summed E-state index contributed by atoms with van der Waals surface area (Å²) in [5, 5.41) is 13.3. The molecule has 124 valence electrons. The average Bonchev–Trinajstić information content (AvgIpc) is 3.15. The number of nitrogens with one attached hydrogen (secondary N) is 1. The maximum atomic E-state index is 8.82. The normalized spacial score (nSPS) is 16.8. The van der Waals surface area contributed by atoms with Crippen LogP contribution in [0.25, 0.3) is 10.9 Å². The first-order valence-corrected chi connectivity index (χ1v) is 8.38. The molecule has 3 aromatic rings. The van der Waals surface area contributed by atoms with Crippen LogP contribution < -0.4 is 10.2 Å². The Morgan fingerprint density at radius 3 is 2.92 bits per heavy atom. The zero-order chi connectivity index (χ0) is 17.1. The summed E-state index contributed by atoms with van der Waals surface area (Å²) in [5.41, 5.74) is 1.56. The van der Waals surface area contributed by atoms with Crippen molar-refractivity contribution in [1.82, 2.24) is 15.0 Å². The molecule has 0 amide bonds. The van der Waals surface area contributed by atoms with Crippen molar-refractivity contribution in [2.24, 2.45) is 5.92 Å². The highest BCUT2D eigenvalue weighted by Gasteiger charge is 2.24. The van der Waals surface area contributed by atoms with E-state index in [2.05, 4.69) is 37.3 Å². The van der Waals surface area contributed by atoms with E-state index in [0.29, 0.717) is 11.5 Å². The number of rotatable bonds is 4. The van der Waals surface area contributed by atoms with Gasteiger partial charge in [0.15, 0.2) is 0 Å². The molecule has 1 aromatic carbocycles. The lowest BCUT2D eigenvalue weighted by Crippen LogP contribution is -2.23. The first kappa shape index (κ1) is 15.3. The van der Waals surface area contributed by atoms with Crippen LogP contribution >= 0.6 is 0 Å². The molecule has 0 aliphatic carbocycles. The van der Waals surface area contributed by atoms with Gasteiger partial charge in [-0.2, -0.15) is 5.26 Å². The fourth-order valence-electron chi connectivity index (χ4n) is 3.25. The van der Waals surface area contributed by atoms with Crippen molar-refractivity contribution in [2.75, 3.05) is 29.9 Å². The van der Waals surface area contributed by atoms with Crippen molar-refractivity contribution in [3.8, 4) is 6.07 Å². The van der Waals surface area contributed by atoms with Gasteiger partial charge in [-0.25, -0.2) is 15.0 Å². The molecule has 1 N–H and O–H groups in total. The van der Waals surface area contributed by atoms with Gasteiger partial charge in [0, 0.05) is 31.2 Å². The van der Waals surface area contributed by atoms with Crippen LogP contribution in [-0.2, 0) is 0 Å². The van der Waals surface area contributed by atoms with Crippen LogP contribution in [0.15, 0.2) is 48.9 Å². The topological polar surface area (TPSA) is 77.7 Å². The van der Waals surface area contributed by atoms with Gasteiger partial charge in [0.1, 0.15) is 24.0 Å². The largest absolute Gasteiger partial charge is 0.370 e. The minimum Gasteiger partial charge on any atom is -0.370 e. The maximum Gasteiger partial charge on any atom is 0.139 e. The number of nitriles is 1. The third-order valence-corrected chi connectivity index (χ3v) is 4.57. The van der Waals surface area contributed by atoms with Gasteiger partial charge in [-0.15, -0.1) is 0 Å². The SMILES string of the molecule is N#Cc1ccc(NC[C@H]2CCN(c3ncnc4ccccc34)C2)nc1. The van der Waals surface area contributed by atoms with Crippen LogP contribution in [0.2, 0.25) is 0 Å². The van der Waals surface area contributed by atoms with Crippen molar-refractivity contribution in [2.45, 2.75) is 6.42 Å². The summed E-state index contributed by atoms with van der Waals surface area (Å²) in [6.45, 7) is 2.82. The fourth-order valence-corrected chi connectivity index (χ4v) is 3.25. The lowest BCUT2D eigenvalue weighted by atomic mass is 10.1. The predicted molar refractivity (Wildman–Crippen MR) is 97.3 cm³/mol. The number of anilines is 2. The Labute approximate surface area is 146 Å². The summed E-state index contributed by atoms with van der Waals surface area (Å²) in [4.78, 5) is 15.4. The molecule has 3 heterocycles. The van der Waals surface area contributed by atoms with E-state index < -0.39 is 0 Å². The lowest BCUT2D eigenvalue weighted by Gasteiger charge is -2.19. The summed E-state index contributed by atoms with van der Waals surface area (Å²) in [5.74, 6) is 2.36. The summed E-state index contributed by atoms with van der Waals surface area (Å²) < 4.78 is 0. The molecule has 0 unspecified atom stereocenters. The van der Waals surface area contributed by atoms with Crippen molar-refractivity contribution in [3.63, 3.8) is 0 Å². The highest BCUT2D eigenvalue weighted by Crippen LogP contribution is 2.27. The number of benzene rings is 1. The standard InChI is InChI=1S/C19H18N6/c20-9-14-5-6-18(21-10-14)22-11-15-7-8-25(12-15)19-16-3-1-2-4-17(16)23-13-24-19/h1-6,10,13,15H,7-8,11-12H2,(H,21,22)/t15-/m1/s1. The highest BCUT2D eigenvalue weighted by atomic mass is 15.2. The number of pyridine rings is 1. The second-order valence-corrected chi connectivity index (χ2v) is 6.24. The molecule has 1 atom stereocenters. The van der Waals surface area contributed by atoms with Crippen LogP contribution in [0.3, 0.4) is 0 Å². The second-order valence-electron chi connectivity index (χ2n) is 6.24. The molecular formula is C19H18N6. The Morgan fingerprint density at radius 2 is 2.08 bits per heavy atom. The molecule has 1 aliphatic heterocycles. The summed E-state index contributed by atoms with van der Waals surface area (Å²) in [6.07, 6.45) is 4.35. The van der Waals surface area contributed by atoms with Gasteiger partial charge in [0.25, 0.3) is 0 Å². The average molecular weight is 330 g/mol. The van der Waals surface area contributed by atoms with Crippen molar-refractivity contribution < 1.29 is 0 Å². The molecule has 1 fully saturated rings. The molecule has 0 radical (unpaired) electrons. The zero-order valence-corrected chi connectivity index (χ0v) is 13.8. The molecule has 2 aromatic heterocycles. The van der Waals surface area contributed by atoms with E-state index in [-0.39, 0.29) is 0 Å². The molecule has 1 saturated heterocycles. The zero-order valence-electron chi connectivity index (χ0n) is 13.8. The van der Waals surface area contributed by atoms with E-state index in [9.17, 15) is 0 Å². The van der Waals surface area contributed by atoms with Gasteiger partial charge in [-0.1, -0.05) is 12.1 Å². The van der Waals surface area contributed by atoms with E-state index in [1.165, 1.54) is 0 Å². The molecule has 4 rings (SSSR count). The quantitative estimate of drug-likeness (QED) is 0.792. The third-order valence-electron chi connectivity index (χ3n) is 4.57. The van der Waals surface area contributed by atoms with Crippen LogP contribution in [-0.4, -0.2) is 34.6 Å². The Kier molecular flexibility index (Phi) is 4.13. The minimum absolute atomic E-state index is 0.533. The van der Waals surface area contributed by atoms with Crippen LogP contribution in [0.4, 0.5) is 11.6 Å². The van der Waals surface area contributed by atoms with E-state index in [1.54, 1.807) is 18.6 Å². The van der Waals surface area contributed by atoms with Crippen molar-refractivity contribution in [1.29, 1.82) is 5.26 Å². The molecule has 6 heteroatoms. The molecule has 1 aliphatic rings. The van der Waals surface area contributed by atoms with Gasteiger partial charge < -0.3 is 10.2 Å². The number of hydrogen-bond acceptors (Lipinski definition) is 6. The van der Waals surface area contributed by atoms with Crippen molar-refractivity contribution >= 4 is 22.5 Å². The maximum absolute atomic E-state index is 8.82. The number of nitrogens with zero attached hydrogens (tertiary/aromatic N) is 5. The van der Waals surface area contributed by atoms with Gasteiger partial charge in [-0.05, 0) is 36.6 Å². The van der Waals surface area contributed by atoms with Crippen LogP contribution in [0.5, 0.6) is 0 Å². The molecular weight excluding hydrogens is 312 g/mol. The third kappa shape index (κ3) is 3.22. The molecule has 6 nitrogen and oxygen atoms in total. The Hall–Kier alpha value is -3.20. The van der Waals surface area contributed by atoms with E-state index in [0.717, 1.165) is 48.6 Å². The monoisotopic (exact) mass is 330 g/mol. The van der Waals surface area contributed by atoms with Crippen LogP contribution in [0, 0.1) is 17.2 Å². The number of para-hydroxylation sites is 1. The number of hydrogen-bond donors (Lipinski definition) is 1. The van der Waals surface area contributed by atoms with E-state index in [4.69, 9.17) is 5.26 Å². The first-order chi connectivity index (χ1) is 12.3. The predicted octanol–water partition coefficient (Wildman–Crippen LogP) is 2.83. The smallest absolute Gasteiger partial charge is 0.139 e. The molecule has 0 bridgehead atoms. The fraction of sp³-hybridized carbons (Fsp3) is 0.263.